The molecule has 0 aliphatic rings. The Morgan fingerprint density at radius 2 is 2.00 bits per heavy atom. The predicted octanol–water partition coefficient (Wildman–Crippen LogP) is 3.67. The Balaban J connectivity index is 1.85. The number of nitriles is 1. The Morgan fingerprint density at radius 3 is 2.75 bits per heavy atom. The van der Waals surface area contributed by atoms with Crippen LogP contribution in [0.5, 0.6) is 0 Å². The van der Waals surface area contributed by atoms with Crippen molar-refractivity contribution in [3.05, 3.63) is 64.9 Å². The third-order valence-electron chi connectivity index (χ3n) is 3.51. The number of hydrogen-bond donors (Lipinski definition) is 2. The first kappa shape index (κ1) is 16.0. The molecule has 0 saturated carbocycles. The molecule has 0 amide bonds. The molecule has 0 unspecified atom stereocenters. The number of benzene rings is 2. The lowest BCUT2D eigenvalue weighted by atomic mass is 10.1. The molecule has 0 atom stereocenters. The Kier molecular flexibility index (Phi) is 5.09. The Labute approximate surface area is 145 Å². The summed E-state index contributed by atoms with van der Waals surface area (Å²) in [6, 6.07) is 17.5. The fourth-order valence-corrected chi connectivity index (χ4v) is 2.49. The van der Waals surface area contributed by atoms with E-state index < -0.39 is 0 Å². The van der Waals surface area contributed by atoms with E-state index in [0.717, 1.165) is 28.1 Å². The van der Waals surface area contributed by atoms with E-state index in [0.29, 0.717) is 24.4 Å². The van der Waals surface area contributed by atoms with Crippen LogP contribution in [0.4, 0.5) is 0 Å². The van der Waals surface area contributed by atoms with E-state index in [1.54, 1.807) is 0 Å². The molecule has 5 nitrogen and oxygen atoms in total. The number of halogens is 1. The lowest BCUT2D eigenvalue weighted by molar-refractivity contribution is 0.744. The number of aromatic nitrogens is 2. The molecule has 3 rings (SSSR count). The van der Waals surface area contributed by atoms with Crippen LogP contribution in [0.2, 0.25) is 5.02 Å². The Bertz CT molecular complexity index is 857. The maximum Gasteiger partial charge on any atom is 0.113 e. The minimum absolute atomic E-state index is 0.405. The van der Waals surface area contributed by atoms with E-state index >= 15 is 0 Å². The summed E-state index contributed by atoms with van der Waals surface area (Å²) >= 11 is 5.97. The summed E-state index contributed by atoms with van der Waals surface area (Å²) in [4.78, 5) is 7.91. The van der Waals surface area contributed by atoms with Crippen LogP contribution in [-0.4, -0.2) is 22.2 Å². The fourth-order valence-electron chi connectivity index (χ4n) is 2.36. The minimum atomic E-state index is 0.405. The fraction of sp³-hybridized carbons (Fsp3) is 0.167. The van der Waals surface area contributed by atoms with Gasteiger partial charge in [0, 0.05) is 11.6 Å². The molecule has 0 saturated heterocycles. The predicted molar refractivity (Wildman–Crippen MR) is 96.0 cm³/mol. The van der Waals surface area contributed by atoms with Crippen molar-refractivity contribution in [3.63, 3.8) is 0 Å². The smallest absolute Gasteiger partial charge is 0.113 e. The molecule has 2 aromatic carbocycles. The van der Waals surface area contributed by atoms with Crippen LogP contribution >= 0.6 is 11.6 Å². The highest BCUT2D eigenvalue weighted by Gasteiger charge is 2.09. The van der Waals surface area contributed by atoms with Crippen molar-refractivity contribution in [2.75, 3.05) is 6.54 Å². The van der Waals surface area contributed by atoms with E-state index in [4.69, 9.17) is 16.9 Å². The molecule has 0 spiro atoms. The topological polar surface area (TPSA) is 76.9 Å². The number of H-pyrrole nitrogens is 1. The third-order valence-corrected chi connectivity index (χ3v) is 3.77. The van der Waals surface area contributed by atoms with Gasteiger partial charge in [0.2, 0.25) is 0 Å². The first-order valence-corrected chi connectivity index (χ1v) is 8.00. The van der Waals surface area contributed by atoms with Gasteiger partial charge in [-0.15, -0.1) is 0 Å². The van der Waals surface area contributed by atoms with Crippen molar-refractivity contribution in [2.24, 2.45) is 5.10 Å². The summed E-state index contributed by atoms with van der Waals surface area (Å²) in [6.45, 7) is 0.508. The molecule has 1 heterocycles. The lowest BCUT2D eigenvalue weighted by Crippen LogP contribution is -2.15. The van der Waals surface area contributed by atoms with Crippen LogP contribution < -0.4 is 5.43 Å². The summed E-state index contributed by atoms with van der Waals surface area (Å²) in [5.41, 5.74) is 6.67. The summed E-state index contributed by atoms with van der Waals surface area (Å²) in [5, 5.41) is 13.7. The molecule has 0 bridgehead atoms. The van der Waals surface area contributed by atoms with Gasteiger partial charge in [-0.05, 0) is 29.8 Å². The van der Waals surface area contributed by atoms with Gasteiger partial charge in [-0.3, -0.25) is 0 Å². The molecule has 3 aromatic rings. The van der Waals surface area contributed by atoms with Gasteiger partial charge in [0.25, 0.3) is 0 Å². The number of rotatable bonds is 6. The number of nitrogens with one attached hydrogen (secondary N) is 2. The lowest BCUT2D eigenvalue weighted by Gasteiger charge is -2.06. The van der Waals surface area contributed by atoms with Gasteiger partial charge in [-0.1, -0.05) is 35.9 Å². The number of nitrogens with zero attached hydrogens (tertiary/aromatic N) is 3. The van der Waals surface area contributed by atoms with Crippen LogP contribution in [0, 0.1) is 11.3 Å². The average molecular weight is 338 g/mol. The van der Waals surface area contributed by atoms with E-state index in [2.05, 4.69) is 26.6 Å². The summed E-state index contributed by atoms with van der Waals surface area (Å²) in [6.07, 6.45) is 0.956. The molecule has 24 heavy (non-hydrogen) atoms. The average Bonchev–Trinajstić information content (AvgIpc) is 3.01. The molecule has 2 N–H and O–H groups in total. The largest absolute Gasteiger partial charge is 0.342 e. The molecular formula is C18H16ClN5. The molecule has 0 fully saturated rings. The zero-order chi connectivity index (χ0) is 16.8. The van der Waals surface area contributed by atoms with Crippen LogP contribution in [0.15, 0.2) is 53.6 Å². The van der Waals surface area contributed by atoms with E-state index in [9.17, 15) is 0 Å². The van der Waals surface area contributed by atoms with Crippen molar-refractivity contribution in [3.8, 4) is 6.07 Å². The maximum absolute atomic E-state index is 8.63. The highest BCUT2D eigenvalue weighted by atomic mass is 35.5. The van der Waals surface area contributed by atoms with E-state index in [1.807, 2.05) is 48.5 Å². The third kappa shape index (κ3) is 3.92. The number of hydrogen-bond acceptors (Lipinski definition) is 4. The first-order chi connectivity index (χ1) is 11.8. The molecule has 0 aliphatic carbocycles. The van der Waals surface area contributed by atoms with Crippen molar-refractivity contribution < 1.29 is 0 Å². The van der Waals surface area contributed by atoms with E-state index in [-0.39, 0.29) is 0 Å². The second kappa shape index (κ2) is 7.62. The van der Waals surface area contributed by atoms with Gasteiger partial charge in [0.05, 0.1) is 35.7 Å². The normalized spacial score (nSPS) is 11.4. The van der Waals surface area contributed by atoms with Gasteiger partial charge in [-0.2, -0.15) is 10.4 Å². The first-order valence-electron chi connectivity index (χ1n) is 7.62. The van der Waals surface area contributed by atoms with Crippen LogP contribution in [0.1, 0.15) is 17.8 Å². The highest BCUT2D eigenvalue weighted by Crippen LogP contribution is 2.15. The molecule has 0 radical (unpaired) electrons. The molecule has 6 heteroatoms. The quantitative estimate of drug-likeness (QED) is 0.409. The van der Waals surface area contributed by atoms with Gasteiger partial charge in [0.15, 0.2) is 0 Å². The minimum Gasteiger partial charge on any atom is -0.342 e. The Hall–Kier alpha value is -2.84. The summed E-state index contributed by atoms with van der Waals surface area (Å²) < 4.78 is 0. The van der Waals surface area contributed by atoms with Crippen molar-refractivity contribution in [2.45, 2.75) is 12.8 Å². The zero-order valence-corrected chi connectivity index (χ0v) is 13.7. The van der Waals surface area contributed by atoms with Crippen molar-refractivity contribution >= 4 is 28.3 Å². The van der Waals surface area contributed by atoms with Crippen LogP contribution in [-0.2, 0) is 6.42 Å². The number of para-hydroxylation sites is 2. The summed E-state index contributed by atoms with van der Waals surface area (Å²) in [7, 11) is 0. The van der Waals surface area contributed by atoms with Crippen LogP contribution in [0.25, 0.3) is 11.0 Å². The van der Waals surface area contributed by atoms with Crippen LogP contribution in [0.3, 0.4) is 0 Å². The van der Waals surface area contributed by atoms with Gasteiger partial charge >= 0.3 is 0 Å². The zero-order valence-electron chi connectivity index (χ0n) is 13.0. The van der Waals surface area contributed by atoms with Crippen molar-refractivity contribution in [1.82, 2.24) is 15.4 Å². The second-order valence-corrected chi connectivity index (χ2v) is 5.70. The second-order valence-electron chi connectivity index (χ2n) is 5.26. The van der Waals surface area contributed by atoms with Gasteiger partial charge in [-0.25, -0.2) is 4.98 Å². The number of aromatic amines is 1. The van der Waals surface area contributed by atoms with Gasteiger partial charge < -0.3 is 10.4 Å². The highest BCUT2D eigenvalue weighted by molar-refractivity contribution is 6.30. The molecule has 120 valence electrons. The molecule has 0 aliphatic heterocycles. The SMILES string of the molecule is N#CCCNN=C(Cc1nc2ccccc2[nH]1)c1ccc(Cl)cc1. The van der Waals surface area contributed by atoms with Crippen molar-refractivity contribution in [1.29, 1.82) is 5.26 Å². The van der Waals surface area contributed by atoms with E-state index in [1.165, 1.54) is 0 Å². The monoisotopic (exact) mass is 337 g/mol. The Morgan fingerprint density at radius 1 is 1.21 bits per heavy atom. The standard InChI is InChI=1S/C18H16ClN5/c19-14-8-6-13(7-9-14)17(24-21-11-3-10-20)12-18-22-15-4-1-2-5-16(15)23-18/h1-2,4-9,21H,3,11-12H2,(H,22,23). The number of hydrazone groups is 1. The molecular weight excluding hydrogens is 322 g/mol. The summed E-state index contributed by atoms with van der Waals surface area (Å²) in [5.74, 6) is 0.840. The molecule has 1 aromatic heterocycles. The number of fused-ring (bicyclic) bond motifs is 1. The number of imidazole rings is 1. The van der Waals surface area contributed by atoms with Gasteiger partial charge in [0.1, 0.15) is 5.82 Å². The maximum atomic E-state index is 8.63.